The van der Waals surface area contributed by atoms with Gasteiger partial charge in [0, 0.05) is 24.7 Å². The van der Waals surface area contributed by atoms with Crippen LogP contribution in [0.3, 0.4) is 0 Å². The van der Waals surface area contributed by atoms with E-state index in [-0.39, 0.29) is 11.8 Å². The number of carbonyl (C=O) groups excluding carboxylic acids is 2. The Kier molecular flexibility index (Phi) is 6.51. The smallest absolute Gasteiger partial charge is 0.251 e. The van der Waals surface area contributed by atoms with E-state index in [1.807, 2.05) is 43.4 Å². The third-order valence-corrected chi connectivity index (χ3v) is 3.80. The summed E-state index contributed by atoms with van der Waals surface area (Å²) in [6.07, 6.45) is 0.806. The summed E-state index contributed by atoms with van der Waals surface area (Å²) in [6.45, 7) is 1.25. The highest BCUT2D eigenvalue weighted by atomic mass is 16.2. The van der Waals surface area contributed by atoms with Gasteiger partial charge in [-0.3, -0.25) is 9.59 Å². The highest BCUT2D eigenvalue weighted by Gasteiger charge is 2.10. The van der Waals surface area contributed by atoms with Crippen molar-refractivity contribution in [1.29, 1.82) is 0 Å². The Morgan fingerprint density at radius 1 is 0.917 bits per heavy atom. The van der Waals surface area contributed by atoms with Crippen LogP contribution in [-0.2, 0) is 13.0 Å². The van der Waals surface area contributed by atoms with Crippen molar-refractivity contribution in [1.82, 2.24) is 16.0 Å². The van der Waals surface area contributed by atoms with E-state index in [0.717, 1.165) is 24.1 Å². The molecule has 2 aromatic carbocycles. The summed E-state index contributed by atoms with van der Waals surface area (Å²) in [4.78, 5) is 23.9. The van der Waals surface area contributed by atoms with Crippen LogP contribution in [-0.4, -0.2) is 32.5 Å². The van der Waals surface area contributed by atoms with Crippen molar-refractivity contribution in [3.63, 3.8) is 0 Å². The van der Waals surface area contributed by atoms with Gasteiger partial charge in [-0.25, -0.2) is 0 Å². The molecule has 126 valence electrons. The van der Waals surface area contributed by atoms with E-state index in [1.165, 1.54) is 0 Å². The van der Waals surface area contributed by atoms with Gasteiger partial charge < -0.3 is 16.0 Å². The number of hydrogen-bond donors (Lipinski definition) is 3. The van der Waals surface area contributed by atoms with Crippen LogP contribution in [0.1, 0.15) is 31.8 Å². The Hall–Kier alpha value is -2.66. The lowest BCUT2D eigenvalue weighted by atomic mass is 10.0. The van der Waals surface area contributed by atoms with Crippen LogP contribution in [0.2, 0.25) is 0 Å². The molecular formula is C19H23N3O2. The highest BCUT2D eigenvalue weighted by Crippen LogP contribution is 2.10. The van der Waals surface area contributed by atoms with Crippen LogP contribution in [0, 0.1) is 0 Å². The van der Waals surface area contributed by atoms with Gasteiger partial charge in [0.25, 0.3) is 11.8 Å². The Balaban J connectivity index is 1.99. The predicted octanol–water partition coefficient (Wildman–Crippen LogP) is 1.74. The van der Waals surface area contributed by atoms with E-state index in [1.54, 1.807) is 19.2 Å². The Labute approximate surface area is 142 Å². The van der Waals surface area contributed by atoms with E-state index in [4.69, 9.17) is 0 Å². The number of amides is 2. The largest absolute Gasteiger partial charge is 0.355 e. The average molecular weight is 325 g/mol. The third-order valence-electron chi connectivity index (χ3n) is 3.80. The lowest BCUT2D eigenvalue weighted by Gasteiger charge is -2.10. The molecule has 0 aliphatic heterocycles. The second kappa shape index (κ2) is 8.84. The molecule has 2 rings (SSSR count). The minimum atomic E-state index is -0.121. The normalized spacial score (nSPS) is 10.2. The fourth-order valence-corrected chi connectivity index (χ4v) is 2.42. The molecule has 0 atom stereocenters. The molecule has 0 radical (unpaired) electrons. The van der Waals surface area contributed by atoms with Gasteiger partial charge in [0.05, 0.1) is 0 Å². The average Bonchev–Trinajstić information content (AvgIpc) is 2.64. The quantitative estimate of drug-likeness (QED) is 0.726. The predicted molar refractivity (Wildman–Crippen MR) is 95.1 cm³/mol. The van der Waals surface area contributed by atoms with Crippen molar-refractivity contribution in [2.75, 3.05) is 20.6 Å². The SMILES string of the molecule is CNCCc1ccccc1C(=O)NCc1ccc(C(=O)NC)cc1. The monoisotopic (exact) mass is 325 g/mol. The summed E-state index contributed by atoms with van der Waals surface area (Å²) in [5, 5.41) is 8.61. The molecule has 0 heterocycles. The molecule has 0 unspecified atom stereocenters. The molecule has 0 fully saturated rings. The fourth-order valence-electron chi connectivity index (χ4n) is 2.42. The van der Waals surface area contributed by atoms with Crippen molar-refractivity contribution in [2.24, 2.45) is 0 Å². The van der Waals surface area contributed by atoms with Gasteiger partial charge in [-0.05, 0) is 49.3 Å². The standard InChI is InChI=1S/C19H23N3O2/c1-20-12-11-15-5-3-4-6-17(15)19(24)22-13-14-7-9-16(10-8-14)18(23)21-2/h3-10,20H,11-13H2,1-2H3,(H,21,23)(H,22,24). The van der Waals surface area contributed by atoms with Gasteiger partial charge in [0.2, 0.25) is 0 Å². The van der Waals surface area contributed by atoms with Gasteiger partial charge in [0.15, 0.2) is 0 Å². The van der Waals surface area contributed by atoms with Crippen molar-refractivity contribution in [2.45, 2.75) is 13.0 Å². The molecule has 2 aromatic rings. The molecule has 0 spiro atoms. The van der Waals surface area contributed by atoms with E-state index in [0.29, 0.717) is 17.7 Å². The summed E-state index contributed by atoms with van der Waals surface area (Å²) in [7, 11) is 3.49. The lowest BCUT2D eigenvalue weighted by Crippen LogP contribution is -2.25. The summed E-state index contributed by atoms with van der Waals surface area (Å²) in [5.41, 5.74) is 3.28. The molecule has 0 bridgehead atoms. The summed E-state index contributed by atoms with van der Waals surface area (Å²) < 4.78 is 0. The first-order chi connectivity index (χ1) is 11.7. The van der Waals surface area contributed by atoms with Crippen LogP contribution in [0.4, 0.5) is 0 Å². The second-order valence-corrected chi connectivity index (χ2v) is 5.47. The van der Waals surface area contributed by atoms with E-state index in [9.17, 15) is 9.59 Å². The summed E-state index contributed by atoms with van der Waals surface area (Å²) in [6, 6.07) is 14.8. The molecule has 5 heteroatoms. The van der Waals surface area contributed by atoms with E-state index < -0.39 is 0 Å². The van der Waals surface area contributed by atoms with Crippen LogP contribution in [0.15, 0.2) is 48.5 Å². The van der Waals surface area contributed by atoms with Crippen molar-refractivity contribution in [3.8, 4) is 0 Å². The fraction of sp³-hybridized carbons (Fsp3) is 0.263. The minimum absolute atomic E-state index is 0.0860. The number of hydrogen-bond acceptors (Lipinski definition) is 3. The number of benzene rings is 2. The van der Waals surface area contributed by atoms with Crippen molar-refractivity contribution < 1.29 is 9.59 Å². The molecule has 0 aliphatic carbocycles. The molecule has 0 aliphatic rings. The Morgan fingerprint density at radius 3 is 2.29 bits per heavy atom. The second-order valence-electron chi connectivity index (χ2n) is 5.47. The molecule has 3 N–H and O–H groups in total. The highest BCUT2D eigenvalue weighted by molar-refractivity contribution is 5.96. The van der Waals surface area contributed by atoms with Crippen LogP contribution >= 0.6 is 0 Å². The van der Waals surface area contributed by atoms with Crippen molar-refractivity contribution >= 4 is 11.8 Å². The topological polar surface area (TPSA) is 70.2 Å². The number of carbonyl (C=O) groups is 2. The van der Waals surface area contributed by atoms with E-state index >= 15 is 0 Å². The van der Waals surface area contributed by atoms with Gasteiger partial charge in [-0.1, -0.05) is 30.3 Å². The first-order valence-electron chi connectivity index (χ1n) is 7.97. The lowest BCUT2D eigenvalue weighted by molar-refractivity contribution is 0.0945. The first-order valence-corrected chi connectivity index (χ1v) is 7.97. The van der Waals surface area contributed by atoms with Crippen LogP contribution in [0.5, 0.6) is 0 Å². The molecule has 0 saturated carbocycles. The maximum absolute atomic E-state index is 12.4. The minimum Gasteiger partial charge on any atom is -0.355 e. The first kappa shape index (κ1) is 17.7. The molecule has 24 heavy (non-hydrogen) atoms. The molecule has 0 saturated heterocycles. The zero-order valence-corrected chi connectivity index (χ0v) is 14.1. The van der Waals surface area contributed by atoms with Gasteiger partial charge in [-0.2, -0.15) is 0 Å². The molecule has 5 nitrogen and oxygen atoms in total. The van der Waals surface area contributed by atoms with E-state index in [2.05, 4.69) is 16.0 Å². The number of rotatable bonds is 7. The van der Waals surface area contributed by atoms with Gasteiger partial charge >= 0.3 is 0 Å². The third kappa shape index (κ3) is 4.67. The molecule has 2 amide bonds. The number of nitrogens with one attached hydrogen (secondary N) is 3. The van der Waals surface area contributed by atoms with Crippen molar-refractivity contribution in [3.05, 3.63) is 70.8 Å². The zero-order valence-electron chi connectivity index (χ0n) is 14.1. The van der Waals surface area contributed by atoms with Crippen LogP contribution in [0.25, 0.3) is 0 Å². The number of likely N-dealkylation sites (N-methyl/N-ethyl adjacent to an activating group) is 1. The Morgan fingerprint density at radius 2 is 1.62 bits per heavy atom. The Bertz CT molecular complexity index is 696. The molecule has 0 aromatic heterocycles. The molecular weight excluding hydrogens is 302 g/mol. The summed E-state index contributed by atoms with van der Waals surface area (Å²) in [5.74, 6) is -0.207. The maximum atomic E-state index is 12.4. The van der Waals surface area contributed by atoms with Gasteiger partial charge in [-0.15, -0.1) is 0 Å². The van der Waals surface area contributed by atoms with Gasteiger partial charge in [0.1, 0.15) is 0 Å². The maximum Gasteiger partial charge on any atom is 0.251 e. The van der Waals surface area contributed by atoms with Crippen LogP contribution < -0.4 is 16.0 Å². The zero-order chi connectivity index (χ0) is 17.4. The summed E-state index contributed by atoms with van der Waals surface area (Å²) >= 11 is 0.